The summed E-state index contributed by atoms with van der Waals surface area (Å²) in [6.45, 7) is 7.12. The van der Waals surface area contributed by atoms with Crippen molar-refractivity contribution in [2.45, 2.75) is 57.6 Å². The average Bonchev–Trinajstić information content (AvgIpc) is 3.00. The van der Waals surface area contributed by atoms with E-state index in [0.29, 0.717) is 35.1 Å². The molecule has 10 nitrogen and oxygen atoms in total. The van der Waals surface area contributed by atoms with Gasteiger partial charge in [0.1, 0.15) is 18.3 Å². The van der Waals surface area contributed by atoms with Crippen molar-refractivity contribution in [1.29, 1.82) is 0 Å². The van der Waals surface area contributed by atoms with Gasteiger partial charge in [-0.3, -0.25) is 13.9 Å². The van der Waals surface area contributed by atoms with Gasteiger partial charge in [0.25, 0.3) is 10.0 Å². The average molecular weight is 646 g/mol. The summed E-state index contributed by atoms with van der Waals surface area (Å²) in [5.41, 5.74) is 0.850. The molecule has 0 unspecified atom stereocenters. The van der Waals surface area contributed by atoms with Gasteiger partial charge < -0.3 is 24.4 Å². The number of carbonyl (C=O) groups is 2. The molecular weight excluding hydrogens is 606 g/mol. The Kier molecular flexibility index (Phi) is 12.3. The van der Waals surface area contributed by atoms with Crippen LogP contribution in [0.15, 0.2) is 71.6 Å². The molecule has 0 aliphatic heterocycles. The summed E-state index contributed by atoms with van der Waals surface area (Å²) in [4.78, 5) is 28.8. The van der Waals surface area contributed by atoms with Gasteiger partial charge in [-0.25, -0.2) is 8.42 Å². The van der Waals surface area contributed by atoms with Crippen LogP contribution in [-0.2, 0) is 26.2 Å². The van der Waals surface area contributed by atoms with Crippen molar-refractivity contribution in [1.82, 2.24) is 10.2 Å². The van der Waals surface area contributed by atoms with Crippen LogP contribution in [0.1, 0.15) is 39.7 Å². The van der Waals surface area contributed by atoms with Gasteiger partial charge in [-0.15, -0.1) is 0 Å². The Balaban J connectivity index is 2.12. The molecule has 0 radical (unpaired) electrons. The van der Waals surface area contributed by atoms with Crippen molar-refractivity contribution in [2.24, 2.45) is 0 Å². The molecule has 0 bridgehead atoms. The molecule has 3 aromatic rings. The van der Waals surface area contributed by atoms with Gasteiger partial charge in [0.15, 0.2) is 11.5 Å². The third-order valence-electron chi connectivity index (χ3n) is 6.77. The van der Waals surface area contributed by atoms with E-state index in [4.69, 9.17) is 25.8 Å². The lowest BCUT2D eigenvalue weighted by Crippen LogP contribution is -2.53. The summed E-state index contributed by atoms with van der Waals surface area (Å²) in [5, 5.41) is 3.30. The number of nitrogens with one attached hydrogen (secondary N) is 1. The van der Waals surface area contributed by atoms with E-state index in [-0.39, 0.29) is 34.8 Å². The van der Waals surface area contributed by atoms with Crippen molar-refractivity contribution in [3.63, 3.8) is 0 Å². The number of nitrogens with zero attached hydrogens (tertiary/aromatic N) is 2. The second-order valence-electron chi connectivity index (χ2n) is 10.2. The van der Waals surface area contributed by atoms with Gasteiger partial charge >= 0.3 is 0 Å². The fourth-order valence-electron chi connectivity index (χ4n) is 4.62. The number of rotatable bonds is 15. The topological polar surface area (TPSA) is 114 Å². The first-order valence-electron chi connectivity index (χ1n) is 14.3. The van der Waals surface area contributed by atoms with Crippen molar-refractivity contribution < 1.29 is 32.2 Å². The van der Waals surface area contributed by atoms with E-state index < -0.39 is 28.5 Å². The van der Waals surface area contributed by atoms with E-state index in [1.54, 1.807) is 55.5 Å². The molecule has 1 atom stereocenters. The largest absolute Gasteiger partial charge is 0.494 e. The zero-order valence-corrected chi connectivity index (χ0v) is 27.4. The van der Waals surface area contributed by atoms with E-state index in [1.165, 1.54) is 37.3 Å². The van der Waals surface area contributed by atoms with Crippen molar-refractivity contribution in [3.05, 3.63) is 77.3 Å². The minimum atomic E-state index is -4.34. The Morgan fingerprint density at radius 3 is 2.16 bits per heavy atom. The summed E-state index contributed by atoms with van der Waals surface area (Å²) in [6.07, 6.45) is 0.292. The van der Waals surface area contributed by atoms with E-state index in [0.717, 1.165) is 4.31 Å². The molecule has 12 heteroatoms. The number of hydrogen-bond acceptors (Lipinski definition) is 7. The quantitative estimate of drug-likeness (QED) is 0.239. The van der Waals surface area contributed by atoms with Gasteiger partial charge in [0.05, 0.1) is 31.4 Å². The minimum Gasteiger partial charge on any atom is -0.494 e. The maximum atomic E-state index is 14.2. The molecule has 0 saturated heterocycles. The predicted octanol–water partition coefficient (Wildman–Crippen LogP) is 5.28. The summed E-state index contributed by atoms with van der Waals surface area (Å²) in [5.74, 6) is 0.168. The van der Waals surface area contributed by atoms with Gasteiger partial charge in [0, 0.05) is 23.7 Å². The van der Waals surface area contributed by atoms with Crippen LogP contribution < -0.4 is 23.8 Å². The molecular formula is C32H40ClN3O7S. The number of amides is 2. The van der Waals surface area contributed by atoms with Gasteiger partial charge in [0.2, 0.25) is 11.8 Å². The standard InChI is InChI=1S/C32H40ClN3O7S/c1-7-28(32(38)34-22(3)4)35(20-23-11-9-10-12-27(23)33)31(37)21-36(24-13-15-25(16-14-24)43-8-2)44(39,40)26-17-18-29(41-5)30(19-26)42-6/h9-19,22,28H,7-8,20-21H2,1-6H3,(H,34,38)/t28-/m1/s1. The fourth-order valence-corrected chi connectivity index (χ4v) is 6.24. The summed E-state index contributed by atoms with van der Waals surface area (Å²) < 4.78 is 45.6. The molecule has 3 aromatic carbocycles. The van der Waals surface area contributed by atoms with Crippen LogP contribution in [0, 0.1) is 0 Å². The zero-order valence-electron chi connectivity index (χ0n) is 25.9. The maximum absolute atomic E-state index is 14.2. The number of hydrogen-bond donors (Lipinski definition) is 1. The summed E-state index contributed by atoms with van der Waals surface area (Å²) in [7, 11) is -1.48. The first-order chi connectivity index (χ1) is 21.0. The number of benzene rings is 3. The molecule has 0 heterocycles. The van der Waals surface area contributed by atoms with Gasteiger partial charge in [-0.05, 0) is 75.2 Å². The second kappa shape index (κ2) is 15.7. The molecule has 0 saturated carbocycles. The third kappa shape index (κ3) is 8.35. The smallest absolute Gasteiger partial charge is 0.264 e. The Morgan fingerprint density at radius 1 is 0.932 bits per heavy atom. The van der Waals surface area contributed by atoms with E-state index in [1.807, 2.05) is 20.8 Å². The third-order valence-corrected chi connectivity index (χ3v) is 8.91. The van der Waals surface area contributed by atoms with E-state index >= 15 is 0 Å². The number of sulfonamides is 1. The Hall–Kier alpha value is -3.96. The normalized spacial score (nSPS) is 11.9. The number of anilines is 1. The van der Waals surface area contributed by atoms with Crippen LogP contribution in [-0.4, -0.2) is 64.6 Å². The first kappa shape index (κ1) is 34.5. The fraction of sp³-hybridized carbons (Fsp3) is 0.375. The number of ether oxygens (including phenoxy) is 3. The lowest BCUT2D eigenvalue weighted by molar-refractivity contribution is -0.140. The Morgan fingerprint density at radius 2 is 1.59 bits per heavy atom. The highest BCUT2D eigenvalue weighted by molar-refractivity contribution is 7.92. The molecule has 2 amide bonds. The molecule has 1 N–H and O–H groups in total. The molecule has 0 fully saturated rings. The van der Waals surface area contributed by atoms with Crippen molar-refractivity contribution in [2.75, 3.05) is 31.7 Å². The maximum Gasteiger partial charge on any atom is 0.264 e. The SMILES string of the molecule is CCOc1ccc(N(CC(=O)N(Cc2ccccc2Cl)[C@H](CC)C(=O)NC(C)C)S(=O)(=O)c2ccc(OC)c(OC)c2)cc1. The molecule has 0 aromatic heterocycles. The highest BCUT2D eigenvalue weighted by atomic mass is 35.5. The summed E-state index contributed by atoms with van der Waals surface area (Å²) in [6, 6.07) is 16.6. The van der Waals surface area contributed by atoms with Crippen LogP contribution in [0.5, 0.6) is 17.2 Å². The van der Waals surface area contributed by atoms with E-state index in [9.17, 15) is 18.0 Å². The number of halogens is 1. The Bertz CT molecular complexity index is 1530. The zero-order chi connectivity index (χ0) is 32.4. The van der Waals surface area contributed by atoms with Crippen LogP contribution in [0.25, 0.3) is 0 Å². The van der Waals surface area contributed by atoms with Crippen LogP contribution in [0.4, 0.5) is 5.69 Å². The van der Waals surface area contributed by atoms with Gasteiger partial charge in [-0.2, -0.15) is 0 Å². The predicted molar refractivity (Wildman–Crippen MR) is 171 cm³/mol. The molecule has 0 spiro atoms. The summed E-state index contributed by atoms with van der Waals surface area (Å²) >= 11 is 6.45. The monoisotopic (exact) mass is 645 g/mol. The lowest BCUT2D eigenvalue weighted by Gasteiger charge is -2.33. The Labute approximate surface area is 264 Å². The molecule has 44 heavy (non-hydrogen) atoms. The molecule has 238 valence electrons. The highest BCUT2D eigenvalue weighted by Crippen LogP contribution is 2.33. The first-order valence-corrected chi connectivity index (χ1v) is 16.1. The minimum absolute atomic E-state index is 0.00392. The van der Waals surface area contributed by atoms with E-state index in [2.05, 4.69) is 5.32 Å². The second-order valence-corrected chi connectivity index (χ2v) is 12.4. The number of carbonyl (C=O) groups excluding carboxylic acids is 2. The van der Waals surface area contributed by atoms with Crippen LogP contribution in [0.2, 0.25) is 5.02 Å². The molecule has 0 aliphatic rings. The van der Waals surface area contributed by atoms with Gasteiger partial charge in [-0.1, -0.05) is 36.7 Å². The van der Waals surface area contributed by atoms with Crippen molar-refractivity contribution >= 4 is 39.1 Å². The van der Waals surface area contributed by atoms with Crippen LogP contribution >= 0.6 is 11.6 Å². The highest BCUT2D eigenvalue weighted by Gasteiger charge is 2.34. The lowest BCUT2D eigenvalue weighted by atomic mass is 10.1. The van der Waals surface area contributed by atoms with Crippen LogP contribution in [0.3, 0.4) is 0 Å². The molecule has 0 aliphatic carbocycles. The molecule has 3 rings (SSSR count). The van der Waals surface area contributed by atoms with Crippen molar-refractivity contribution in [3.8, 4) is 17.2 Å². The number of methoxy groups -OCH3 is 2.